The van der Waals surface area contributed by atoms with Crippen LogP contribution >= 0.6 is 22.7 Å². The minimum atomic E-state index is 0.161. The van der Waals surface area contributed by atoms with Crippen LogP contribution in [-0.4, -0.2) is 7.11 Å². The van der Waals surface area contributed by atoms with Crippen LogP contribution in [0.15, 0.2) is 60.7 Å². The van der Waals surface area contributed by atoms with Crippen LogP contribution in [0.2, 0.25) is 0 Å². The molecule has 4 aromatic rings. The first-order valence-corrected chi connectivity index (χ1v) is 12.5. The van der Waals surface area contributed by atoms with Crippen molar-refractivity contribution in [1.29, 1.82) is 0 Å². The van der Waals surface area contributed by atoms with Crippen LogP contribution in [0.4, 0.5) is 0 Å². The van der Waals surface area contributed by atoms with Gasteiger partial charge in [-0.1, -0.05) is 55.5 Å². The van der Waals surface area contributed by atoms with Gasteiger partial charge in [0.15, 0.2) is 0 Å². The number of hydrogen-bond acceptors (Lipinski definition) is 3. The van der Waals surface area contributed by atoms with Gasteiger partial charge in [-0.15, -0.1) is 22.7 Å². The van der Waals surface area contributed by atoms with E-state index in [-0.39, 0.29) is 6.10 Å². The Morgan fingerprint density at radius 1 is 0.742 bits per heavy atom. The van der Waals surface area contributed by atoms with Crippen LogP contribution in [-0.2, 0) is 4.74 Å². The molecule has 2 heterocycles. The van der Waals surface area contributed by atoms with Gasteiger partial charge in [-0.25, -0.2) is 0 Å². The fourth-order valence-electron chi connectivity index (χ4n) is 4.78. The maximum Gasteiger partial charge on any atom is 0.0861 e. The van der Waals surface area contributed by atoms with Crippen LogP contribution in [0, 0.1) is 0 Å². The molecular weight excluding hydrogens is 416 g/mol. The lowest BCUT2D eigenvalue weighted by molar-refractivity contribution is 0.105. The van der Waals surface area contributed by atoms with Gasteiger partial charge >= 0.3 is 0 Å². The smallest absolute Gasteiger partial charge is 0.0861 e. The van der Waals surface area contributed by atoms with Crippen LogP contribution in [0.1, 0.15) is 54.0 Å². The predicted octanol–water partition coefficient (Wildman–Crippen LogP) is 8.92. The number of hydrogen-bond donors (Lipinski definition) is 0. The Morgan fingerprint density at radius 2 is 1.32 bits per heavy atom. The van der Waals surface area contributed by atoms with Gasteiger partial charge in [-0.2, -0.15) is 0 Å². The number of ether oxygens (including phenoxy) is 1. The van der Waals surface area contributed by atoms with E-state index in [1.807, 2.05) is 22.7 Å². The third-order valence-electron chi connectivity index (χ3n) is 6.55. The van der Waals surface area contributed by atoms with E-state index in [9.17, 15) is 0 Å². The Bertz CT molecular complexity index is 1320. The number of benzene rings is 2. The van der Waals surface area contributed by atoms with Crippen molar-refractivity contribution >= 4 is 44.2 Å². The lowest BCUT2D eigenvalue weighted by Crippen LogP contribution is -2.05. The van der Waals surface area contributed by atoms with Crippen LogP contribution in [0.5, 0.6) is 0 Å². The highest BCUT2D eigenvalue weighted by atomic mass is 32.1. The number of rotatable bonds is 3. The summed E-state index contributed by atoms with van der Waals surface area (Å²) in [5, 5.41) is 0. The minimum absolute atomic E-state index is 0.161. The molecule has 0 N–H and O–H groups in total. The van der Waals surface area contributed by atoms with E-state index in [0.29, 0.717) is 5.92 Å². The molecule has 2 atom stereocenters. The molecule has 2 aliphatic carbocycles. The molecule has 2 aromatic carbocycles. The van der Waals surface area contributed by atoms with E-state index in [2.05, 4.69) is 79.8 Å². The molecule has 0 radical (unpaired) electrons. The van der Waals surface area contributed by atoms with Gasteiger partial charge in [0.25, 0.3) is 0 Å². The van der Waals surface area contributed by atoms with E-state index in [1.165, 1.54) is 52.5 Å². The first-order valence-electron chi connectivity index (χ1n) is 10.9. The zero-order valence-electron chi connectivity index (χ0n) is 17.7. The SMILES string of the molecule is COC1CC=Cc2ccc(-c3cc4sc(-c5ccc6c(c5)C(C)CC=C6)cc4s3)cc21. The summed E-state index contributed by atoms with van der Waals surface area (Å²) >= 11 is 3.80. The van der Waals surface area contributed by atoms with Crippen LogP contribution in [0.3, 0.4) is 0 Å². The lowest BCUT2D eigenvalue weighted by Gasteiger charge is -2.21. The van der Waals surface area contributed by atoms with Gasteiger partial charge in [0.2, 0.25) is 0 Å². The number of methoxy groups -OCH3 is 1. The Balaban J connectivity index is 1.35. The highest BCUT2D eigenvalue weighted by molar-refractivity contribution is 7.31. The third-order valence-corrected chi connectivity index (χ3v) is 8.94. The Labute approximate surface area is 191 Å². The molecule has 2 aromatic heterocycles. The Hall–Kier alpha value is -2.46. The molecule has 6 rings (SSSR count). The second-order valence-corrected chi connectivity index (χ2v) is 10.7. The predicted molar refractivity (Wildman–Crippen MR) is 136 cm³/mol. The standard InChI is InChI=1S/C28H24OS2/c1-17-5-3-6-18-9-11-20(13-22(17)18)25-15-27-28(30-25)16-26(31-27)21-12-10-19-7-4-8-24(29-2)23(19)14-21/h3-4,6-7,9-17,24H,5,8H2,1-2H3. The number of thiophene rings is 2. The van der Waals surface area contributed by atoms with Crippen molar-refractivity contribution in [3.8, 4) is 20.9 Å². The zero-order chi connectivity index (χ0) is 20.9. The van der Waals surface area contributed by atoms with Gasteiger partial charge in [0.1, 0.15) is 0 Å². The van der Waals surface area contributed by atoms with Gasteiger partial charge < -0.3 is 4.74 Å². The highest BCUT2D eigenvalue weighted by Crippen LogP contribution is 2.44. The second kappa shape index (κ2) is 7.59. The summed E-state index contributed by atoms with van der Waals surface area (Å²) in [5.41, 5.74) is 8.07. The fourth-order valence-corrected chi connectivity index (χ4v) is 7.17. The second-order valence-electron chi connectivity index (χ2n) is 8.54. The summed E-state index contributed by atoms with van der Waals surface area (Å²) in [5.74, 6) is 0.599. The van der Waals surface area contributed by atoms with Crippen molar-refractivity contribution in [3.05, 3.63) is 82.9 Å². The Morgan fingerprint density at radius 3 is 1.97 bits per heavy atom. The maximum absolute atomic E-state index is 5.71. The number of fused-ring (bicyclic) bond motifs is 3. The van der Waals surface area contributed by atoms with E-state index >= 15 is 0 Å². The van der Waals surface area contributed by atoms with Crippen molar-refractivity contribution in [2.24, 2.45) is 0 Å². The third kappa shape index (κ3) is 3.32. The summed E-state index contributed by atoms with van der Waals surface area (Å²) in [6, 6.07) is 18.5. The van der Waals surface area contributed by atoms with Gasteiger partial charge in [-0.05, 0) is 76.4 Å². The van der Waals surface area contributed by atoms with Gasteiger partial charge in [0, 0.05) is 26.3 Å². The summed E-state index contributed by atoms with van der Waals surface area (Å²) in [6.07, 6.45) is 11.2. The van der Waals surface area contributed by atoms with Crippen molar-refractivity contribution in [2.75, 3.05) is 7.11 Å². The van der Waals surface area contributed by atoms with Crippen LogP contribution < -0.4 is 0 Å². The molecule has 2 unspecified atom stereocenters. The monoisotopic (exact) mass is 440 g/mol. The largest absolute Gasteiger partial charge is 0.376 e. The molecule has 31 heavy (non-hydrogen) atoms. The molecule has 0 bridgehead atoms. The van der Waals surface area contributed by atoms with Crippen molar-refractivity contribution in [1.82, 2.24) is 0 Å². The molecule has 0 saturated heterocycles. The zero-order valence-corrected chi connectivity index (χ0v) is 19.4. The molecule has 2 aliphatic rings. The fraction of sp³-hybridized carbons (Fsp3) is 0.214. The molecular formula is C28H24OS2. The summed E-state index contributed by atoms with van der Waals surface area (Å²) in [4.78, 5) is 2.71. The molecule has 154 valence electrons. The molecule has 0 amide bonds. The maximum atomic E-state index is 5.71. The summed E-state index contributed by atoms with van der Waals surface area (Å²) in [7, 11) is 1.81. The van der Waals surface area contributed by atoms with Crippen molar-refractivity contribution in [2.45, 2.75) is 31.8 Å². The molecule has 3 heteroatoms. The Kier molecular flexibility index (Phi) is 4.71. The molecule has 0 fully saturated rings. The van der Waals surface area contributed by atoms with E-state index in [1.54, 1.807) is 7.11 Å². The lowest BCUT2D eigenvalue weighted by atomic mass is 9.87. The quantitative estimate of drug-likeness (QED) is 0.309. The topological polar surface area (TPSA) is 9.23 Å². The molecule has 0 aliphatic heterocycles. The summed E-state index contributed by atoms with van der Waals surface area (Å²) < 4.78 is 8.47. The van der Waals surface area contributed by atoms with Crippen molar-refractivity contribution < 1.29 is 4.74 Å². The first-order chi connectivity index (χ1) is 15.2. The van der Waals surface area contributed by atoms with Gasteiger partial charge in [0.05, 0.1) is 6.10 Å². The first kappa shape index (κ1) is 19.2. The number of allylic oxidation sites excluding steroid dienone is 1. The van der Waals surface area contributed by atoms with Crippen molar-refractivity contribution in [3.63, 3.8) is 0 Å². The molecule has 0 saturated carbocycles. The molecule has 1 nitrogen and oxygen atoms in total. The average Bonchev–Trinajstić information content (AvgIpc) is 3.38. The minimum Gasteiger partial charge on any atom is -0.376 e. The normalized spacial score (nSPS) is 19.5. The highest BCUT2D eigenvalue weighted by Gasteiger charge is 2.19. The average molecular weight is 441 g/mol. The van der Waals surface area contributed by atoms with E-state index in [4.69, 9.17) is 4.74 Å². The molecule has 0 spiro atoms. The van der Waals surface area contributed by atoms with Crippen LogP contribution in [0.25, 0.3) is 42.4 Å². The summed E-state index contributed by atoms with van der Waals surface area (Å²) in [6.45, 7) is 2.33. The van der Waals surface area contributed by atoms with E-state index < -0.39 is 0 Å². The van der Waals surface area contributed by atoms with E-state index in [0.717, 1.165) is 12.8 Å². The van der Waals surface area contributed by atoms with Gasteiger partial charge in [-0.3, -0.25) is 0 Å².